The molecule has 0 spiro atoms. The van der Waals surface area contributed by atoms with Crippen LogP contribution in [0.3, 0.4) is 0 Å². The highest BCUT2D eigenvalue weighted by Gasteiger charge is 2.15. The van der Waals surface area contributed by atoms with Crippen molar-refractivity contribution in [1.82, 2.24) is 5.12 Å². The van der Waals surface area contributed by atoms with E-state index in [1.54, 1.807) is 13.8 Å². The van der Waals surface area contributed by atoms with E-state index in [1.807, 2.05) is 0 Å². The Hall–Kier alpha value is -0.800. The normalized spacial score (nSPS) is 9.44. The van der Waals surface area contributed by atoms with Crippen LogP contribution >= 0.6 is 0 Å². The predicted octanol–water partition coefficient (Wildman–Crippen LogP) is 1.35. The highest BCUT2D eigenvalue weighted by atomic mass is 19.2. The zero-order valence-electron chi connectivity index (χ0n) is 5.72. The largest absolute Gasteiger partial charge is 0.451 e. The molecule has 0 fully saturated rings. The summed E-state index contributed by atoms with van der Waals surface area (Å²) in [7, 11) is 1.14. The second kappa shape index (κ2) is 3.27. The van der Waals surface area contributed by atoms with Gasteiger partial charge in [0.1, 0.15) is 0 Å². The molecule has 0 rings (SSSR count). The maximum absolute atomic E-state index is 12.3. The molecule has 0 aliphatic rings. The number of methoxy groups -OCH3 is 1. The summed E-state index contributed by atoms with van der Waals surface area (Å²) in [4.78, 5) is 10.3. The molecule has 0 aliphatic carbocycles. The van der Waals surface area contributed by atoms with E-state index in [0.717, 1.165) is 7.11 Å². The van der Waals surface area contributed by atoms with Gasteiger partial charge in [0.05, 0.1) is 13.2 Å². The summed E-state index contributed by atoms with van der Waals surface area (Å²) in [6.07, 6.45) is -0.954. The summed E-state index contributed by atoms with van der Waals surface area (Å²) >= 11 is 0. The number of carbonyl (C=O) groups excluding carboxylic acids is 1. The van der Waals surface area contributed by atoms with Gasteiger partial charge in [-0.1, -0.05) is 4.48 Å². The summed E-state index contributed by atoms with van der Waals surface area (Å²) < 4.78 is 16.4. The van der Waals surface area contributed by atoms with Crippen molar-refractivity contribution >= 4 is 6.09 Å². The molecule has 0 aromatic rings. The molecule has 0 saturated carbocycles. The molecule has 0 heterocycles. The Morgan fingerprint density at radius 3 is 2.22 bits per heavy atom. The maximum atomic E-state index is 12.3. The Morgan fingerprint density at radius 1 is 1.67 bits per heavy atom. The van der Waals surface area contributed by atoms with Gasteiger partial charge in [0.15, 0.2) is 0 Å². The van der Waals surface area contributed by atoms with Crippen LogP contribution in [0.4, 0.5) is 9.28 Å². The van der Waals surface area contributed by atoms with E-state index in [4.69, 9.17) is 0 Å². The van der Waals surface area contributed by atoms with Gasteiger partial charge in [-0.3, -0.25) is 0 Å². The van der Waals surface area contributed by atoms with Gasteiger partial charge in [0.2, 0.25) is 0 Å². The number of ether oxygens (including phenoxy) is 1. The van der Waals surface area contributed by atoms with Crippen molar-refractivity contribution in [2.75, 3.05) is 7.11 Å². The Kier molecular flexibility index (Phi) is 2.98. The monoisotopic (exact) mass is 135 g/mol. The van der Waals surface area contributed by atoms with Crippen molar-refractivity contribution in [3.05, 3.63) is 0 Å². The Morgan fingerprint density at radius 2 is 2.11 bits per heavy atom. The first-order chi connectivity index (χ1) is 4.09. The van der Waals surface area contributed by atoms with Crippen LogP contribution in [0.5, 0.6) is 0 Å². The number of nitrogens with zero attached hydrogens (tertiary/aromatic N) is 1. The molecule has 0 aromatic heterocycles. The van der Waals surface area contributed by atoms with Gasteiger partial charge < -0.3 is 4.74 Å². The first kappa shape index (κ1) is 8.20. The number of halogens is 1. The molecule has 3 nitrogen and oxygen atoms in total. The summed E-state index contributed by atoms with van der Waals surface area (Å²) in [6.45, 7) is 3.10. The third kappa shape index (κ3) is 2.30. The maximum Gasteiger partial charge on any atom is 0.438 e. The zero-order valence-corrected chi connectivity index (χ0v) is 5.72. The van der Waals surface area contributed by atoms with Crippen LogP contribution in [0.1, 0.15) is 13.8 Å². The molecule has 0 radical (unpaired) electrons. The van der Waals surface area contributed by atoms with Crippen LogP contribution in [0.15, 0.2) is 0 Å². The molecule has 0 saturated heterocycles. The summed E-state index contributed by atoms with van der Waals surface area (Å²) in [5.41, 5.74) is 0. The van der Waals surface area contributed by atoms with Crippen molar-refractivity contribution in [1.29, 1.82) is 0 Å². The smallest absolute Gasteiger partial charge is 0.438 e. The summed E-state index contributed by atoms with van der Waals surface area (Å²) in [6, 6.07) is -0.461. The predicted molar refractivity (Wildman–Crippen MR) is 30.5 cm³/mol. The van der Waals surface area contributed by atoms with Gasteiger partial charge in [-0.05, 0) is 13.8 Å². The zero-order chi connectivity index (χ0) is 7.44. The van der Waals surface area contributed by atoms with E-state index in [1.165, 1.54) is 0 Å². The first-order valence-electron chi connectivity index (χ1n) is 2.62. The standard InChI is InChI=1S/C5H10FNO2/c1-4(2)7(6)5(8)9-3/h4H,1-3H3. The third-order valence-electron chi connectivity index (χ3n) is 0.802. The van der Waals surface area contributed by atoms with Gasteiger partial charge in [-0.15, -0.1) is 5.12 Å². The minimum atomic E-state index is -0.954. The molecule has 4 heteroatoms. The molecular formula is C5H10FNO2. The van der Waals surface area contributed by atoms with E-state index in [0.29, 0.717) is 0 Å². The average Bonchev–Trinajstić information content (AvgIpc) is 1.84. The fourth-order valence-electron chi connectivity index (χ4n) is 0.298. The average molecular weight is 135 g/mol. The highest BCUT2D eigenvalue weighted by Crippen LogP contribution is 1.99. The minimum Gasteiger partial charge on any atom is -0.451 e. The Labute approximate surface area is 53.3 Å². The van der Waals surface area contributed by atoms with E-state index in [9.17, 15) is 9.28 Å². The fraction of sp³-hybridized carbons (Fsp3) is 0.800. The molecule has 9 heavy (non-hydrogen) atoms. The lowest BCUT2D eigenvalue weighted by Gasteiger charge is -2.12. The number of carbonyl (C=O) groups is 1. The summed E-state index contributed by atoms with van der Waals surface area (Å²) in [5, 5.41) is 0.0278. The Balaban J connectivity index is 3.72. The quantitative estimate of drug-likeness (QED) is 0.508. The van der Waals surface area contributed by atoms with Crippen molar-refractivity contribution in [2.24, 2.45) is 0 Å². The number of hydrogen-bond donors (Lipinski definition) is 0. The molecule has 0 bridgehead atoms. The lowest BCUT2D eigenvalue weighted by atomic mass is 10.4. The molecule has 0 aliphatic heterocycles. The van der Waals surface area contributed by atoms with Gasteiger partial charge in [-0.2, -0.15) is 0 Å². The van der Waals surface area contributed by atoms with Crippen LogP contribution in [0, 0.1) is 0 Å². The SMILES string of the molecule is COC(=O)N(F)C(C)C. The number of amides is 1. The molecular weight excluding hydrogens is 125 g/mol. The molecule has 0 N–H and O–H groups in total. The molecule has 0 atom stereocenters. The van der Waals surface area contributed by atoms with Crippen LogP contribution in [0.25, 0.3) is 0 Å². The van der Waals surface area contributed by atoms with Crippen molar-refractivity contribution < 1.29 is 14.0 Å². The van der Waals surface area contributed by atoms with Gasteiger partial charge in [-0.25, -0.2) is 4.79 Å². The van der Waals surface area contributed by atoms with E-state index in [-0.39, 0.29) is 5.12 Å². The number of rotatable bonds is 1. The molecule has 0 unspecified atom stereocenters. The van der Waals surface area contributed by atoms with Crippen LogP contribution in [-0.2, 0) is 4.74 Å². The summed E-state index contributed by atoms with van der Waals surface area (Å²) in [5.74, 6) is 0. The van der Waals surface area contributed by atoms with Gasteiger partial charge >= 0.3 is 6.09 Å². The lowest BCUT2D eigenvalue weighted by molar-refractivity contribution is -0.00194. The van der Waals surface area contributed by atoms with Gasteiger partial charge in [0.25, 0.3) is 0 Å². The van der Waals surface area contributed by atoms with Gasteiger partial charge in [0, 0.05) is 0 Å². The Bertz CT molecular complexity index is 105. The van der Waals surface area contributed by atoms with Crippen LogP contribution in [-0.4, -0.2) is 24.4 Å². The minimum absolute atomic E-state index is 0.0278. The van der Waals surface area contributed by atoms with Crippen molar-refractivity contribution in [3.8, 4) is 0 Å². The van der Waals surface area contributed by atoms with Crippen molar-refractivity contribution in [2.45, 2.75) is 19.9 Å². The second-order valence-corrected chi connectivity index (χ2v) is 1.87. The number of hydrogen-bond acceptors (Lipinski definition) is 2. The second-order valence-electron chi connectivity index (χ2n) is 1.87. The third-order valence-corrected chi connectivity index (χ3v) is 0.802. The molecule has 1 amide bonds. The van der Waals surface area contributed by atoms with Crippen molar-refractivity contribution in [3.63, 3.8) is 0 Å². The lowest BCUT2D eigenvalue weighted by Crippen LogP contribution is -2.28. The topological polar surface area (TPSA) is 29.5 Å². The van der Waals surface area contributed by atoms with Crippen LogP contribution in [0.2, 0.25) is 0 Å². The fourth-order valence-corrected chi connectivity index (χ4v) is 0.298. The van der Waals surface area contributed by atoms with E-state index >= 15 is 0 Å². The highest BCUT2D eigenvalue weighted by molar-refractivity contribution is 5.66. The van der Waals surface area contributed by atoms with Crippen LogP contribution < -0.4 is 0 Å². The molecule has 0 aromatic carbocycles. The van der Waals surface area contributed by atoms with E-state index < -0.39 is 12.1 Å². The van der Waals surface area contributed by atoms with E-state index in [2.05, 4.69) is 4.74 Å². The molecule has 54 valence electrons. The first-order valence-corrected chi connectivity index (χ1v) is 2.62.